The zero-order valence-corrected chi connectivity index (χ0v) is 12.0. The van der Waals surface area contributed by atoms with Gasteiger partial charge < -0.3 is 15.3 Å². The van der Waals surface area contributed by atoms with Gasteiger partial charge in [-0.1, -0.05) is 12.1 Å². The lowest BCUT2D eigenvalue weighted by atomic mass is 10.1. The average molecular weight is 282 g/mol. The molecule has 0 radical (unpaired) electrons. The minimum Gasteiger partial charge on any atom is -0.508 e. The Hall–Kier alpha value is -2.33. The summed E-state index contributed by atoms with van der Waals surface area (Å²) in [5, 5.41) is 12.9. The SMILES string of the molecule is CCN(C(=O)c1ccc2c(c1)CNC2)c1cccc(O)c1. The lowest BCUT2D eigenvalue weighted by Gasteiger charge is -2.21. The summed E-state index contributed by atoms with van der Waals surface area (Å²) < 4.78 is 0. The molecule has 0 saturated heterocycles. The van der Waals surface area contributed by atoms with Gasteiger partial charge in [0.15, 0.2) is 0 Å². The Morgan fingerprint density at radius 3 is 2.76 bits per heavy atom. The van der Waals surface area contributed by atoms with Gasteiger partial charge in [-0.25, -0.2) is 0 Å². The molecule has 2 aromatic carbocycles. The molecule has 1 aliphatic rings. The Morgan fingerprint density at radius 2 is 2.00 bits per heavy atom. The molecule has 2 aromatic rings. The first-order chi connectivity index (χ1) is 10.2. The number of hydrogen-bond donors (Lipinski definition) is 2. The fourth-order valence-corrected chi connectivity index (χ4v) is 2.69. The summed E-state index contributed by atoms with van der Waals surface area (Å²) in [5.74, 6) is 0.120. The summed E-state index contributed by atoms with van der Waals surface area (Å²) in [6.45, 7) is 4.16. The predicted molar refractivity (Wildman–Crippen MR) is 82.4 cm³/mol. The second-order valence-electron chi connectivity index (χ2n) is 5.16. The van der Waals surface area contributed by atoms with Gasteiger partial charge in [0.2, 0.25) is 0 Å². The van der Waals surface area contributed by atoms with Crippen LogP contribution in [-0.4, -0.2) is 17.6 Å². The van der Waals surface area contributed by atoms with E-state index in [2.05, 4.69) is 5.32 Å². The third-order valence-corrected chi connectivity index (χ3v) is 3.79. The second kappa shape index (κ2) is 5.58. The van der Waals surface area contributed by atoms with Gasteiger partial charge in [-0.2, -0.15) is 0 Å². The zero-order chi connectivity index (χ0) is 14.8. The maximum absolute atomic E-state index is 12.7. The molecular formula is C17H18N2O2. The van der Waals surface area contributed by atoms with Crippen LogP contribution in [0.1, 0.15) is 28.4 Å². The topological polar surface area (TPSA) is 52.6 Å². The van der Waals surface area contributed by atoms with Crippen molar-refractivity contribution in [2.75, 3.05) is 11.4 Å². The zero-order valence-electron chi connectivity index (χ0n) is 12.0. The van der Waals surface area contributed by atoms with Crippen LogP contribution in [0.25, 0.3) is 0 Å². The molecule has 108 valence electrons. The minimum atomic E-state index is -0.0437. The van der Waals surface area contributed by atoms with Crippen molar-refractivity contribution in [2.45, 2.75) is 20.0 Å². The molecule has 0 spiro atoms. The molecule has 1 heterocycles. The van der Waals surface area contributed by atoms with Gasteiger partial charge in [0.25, 0.3) is 5.91 Å². The van der Waals surface area contributed by atoms with Crippen molar-refractivity contribution in [2.24, 2.45) is 0 Å². The van der Waals surface area contributed by atoms with Crippen molar-refractivity contribution in [3.63, 3.8) is 0 Å². The molecular weight excluding hydrogens is 264 g/mol. The third kappa shape index (κ3) is 2.62. The molecule has 2 N–H and O–H groups in total. The summed E-state index contributed by atoms with van der Waals surface area (Å²) in [6, 6.07) is 12.6. The average Bonchev–Trinajstić information content (AvgIpc) is 2.95. The highest BCUT2D eigenvalue weighted by atomic mass is 16.3. The number of carbonyl (C=O) groups excluding carboxylic acids is 1. The van der Waals surface area contributed by atoms with Crippen LogP contribution in [0, 0.1) is 0 Å². The molecule has 4 heteroatoms. The van der Waals surface area contributed by atoms with Crippen LogP contribution in [0.5, 0.6) is 5.75 Å². The number of aromatic hydroxyl groups is 1. The largest absolute Gasteiger partial charge is 0.508 e. The van der Waals surface area contributed by atoms with E-state index in [0.29, 0.717) is 17.8 Å². The normalized spacial score (nSPS) is 13.0. The first-order valence-corrected chi connectivity index (χ1v) is 7.12. The molecule has 0 saturated carbocycles. The first kappa shape index (κ1) is 13.6. The van der Waals surface area contributed by atoms with Crippen LogP contribution in [0.3, 0.4) is 0 Å². The summed E-state index contributed by atoms with van der Waals surface area (Å²) >= 11 is 0. The molecule has 4 nitrogen and oxygen atoms in total. The Balaban J connectivity index is 1.92. The maximum Gasteiger partial charge on any atom is 0.258 e. The van der Waals surface area contributed by atoms with Crippen LogP contribution < -0.4 is 10.2 Å². The molecule has 1 amide bonds. The summed E-state index contributed by atoms with van der Waals surface area (Å²) in [7, 11) is 0. The van der Waals surface area contributed by atoms with Crippen LogP contribution >= 0.6 is 0 Å². The van der Waals surface area contributed by atoms with Gasteiger partial charge in [0, 0.05) is 37.0 Å². The summed E-state index contributed by atoms with van der Waals surface area (Å²) in [5.41, 5.74) is 3.84. The monoisotopic (exact) mass is 282 g/mol. The van der Waals surface area contributed by atoms with Crippen molar-refractivity contribution < 1.29 is 9.90 Å². The molecule has 3 rings (SSSR count). The number of anilines is 1. The number of phenols is 1. The van der Waals surface area contributed by atoms with Crippen LogP contribution in [0.15, 0.2) is 42.5 Å². The highest BCUT2D eigenvalue weighted by molar-refractivity contribution is 6.06. The fourth-order valence-electron chi connectivity index (χ4n) is 2.69. The van der Waals surface area contributed by atoms with Gasteiger partial charge in [-0.05, 0) is 42.3 Å². The van der Waals surface area contributed by atoms with Crippen LogP contribution in [-0.2, 0) is 13.1 Å². The Kier molecular flexibility index (Phi) is 3.62. The van der Waals surface area contributed by atoms with Gasteiger partial charge in [-0.15, -0.1) is 0 Å². The molecule has 0 unspecified atom stereocenters. The van der Waals surface area contributed by atoms with E-state index in [4.69, 9.17) is 0 Å². The minimum absolute atomic E-state index is 0.0437. The number of hydrogen-bond acceptors (Lipinski definition) is 3. The number of nitrogens with zero attached hydrogens (tertiary/aromatic N) is 1. The number of rotatable bonds is 3. The van der Waals surface area contributed by atoms with E-state index in [-0.39, 0.29) is 11.7 Å². The van der Waals surface area contributed by atoms with Gasteiger partial charge in [-0.3, -0.25) is 4.79 Å². The van der Waals surface area contributed by atoms with Crippen molar-refractivity contribution >= 4 is 11.6 Å². The highest BCUT2D eigenvalue weighted by Gasteiger charge is 2.19. The molecule has 0 atom stereocenters. The first-order valence-electron chi connectivity index (χ1n) is 7.12. The second-order valence-corrected chi connectivity index (χ2v) is 5.16. The number of fused-ring (bicyclic) bond motifs is 1. The molecule has 0 aliphatic carbocycles. The number of benzene rings is 2. The van der Waals surface area contributed by atoms with Gasteiger partial charge >= 0.3 is 0 Å². The molecule has 1 aliphatic heterocycles. The molecule has 0 fully saturated rings. The number of phenolic OH excluding ortho intramolecular Hbond substituents is 1. The van der Waals surface area contributed by atoms with E-state index in [9.17, 15) is 9.90 Å². The Morgan fingerprint density at radius 1 is 1.19 bits per heavy atom. The summed E-state index contributed by atoms with van der Waals surface area (Å²) in [4.78, 5) is 14.4. The Bertz CT molecular complexity index is 682. The van der Waals surface area contributed by atoms with Gasteiger partial charge in [0.05, 0.1) is 0 Å². The van der Waals surface area contributed by atoms with E-state index in [1.165, 1.54) is 11.1 Å². The standard InChI is InChI=1S/C17H18N2O2/c1-2-19(15-4-3-5-16(20)9-15)17(21)12-6-7-13-10-18-11-14(13)8-12/h3-9,18,20H,2,10-11H2,1H3. The lowest BCUT2D eigenvalue weighted by molar-refractivity contribution is 0.0988. The van der Waals surface area contributed by atoms with Crippen molar-refractivity contribution in [1.29, 1.82) is 0 Å². The van der Waals surface area contributed by atoms with Crippen molar-refractivity contribution in [3.8, 4) is 5.75 Å². The predicted octanol–water partition coefficient (Wildman–Crippen LogP) is 2.66. The fraction of sp³-hybridized carbons (Fsp3) is 0.235. The van der Waals surface area contributed by atoms with Crippen LogP contribution in [0.4, 0.5) is 5.69 Å². The van der Waals surface area contributed by atoms with E-state index >= 15 is 0 Å². The highest BCUT2D eigenvalue weighted by Crippen LogP contribution is 2.23. The van der Waals surface area contributed by atoms with E-state index < -0.39 is 0 Å². The van der Waals surface area contributed by atoms with Crippen molar-refractivity contribution in [1.82, 2.24) is 5.32 Å². The quantitative estimate of drug-likeness (QED) is 0.910. The van der Waals surface area contributed by atoms with Crippen molar-refractivity contribution in [3.05, 3.63) is 59.2 Å². The number of amides is 1. The summed E-state index contributed by atoms with van der Waals surface area (Å²) in [6.07, 6.45) is 0. The van der Waals surface area contributed by atoms with E-state index in [0.717, 1.165) is 13.1 Å². The lowest BCUT2D eigenvalue weighted by Crippen LogP contribution is -2.30. The number of nitrogens with one attached hydrogen (secondary N) is 1. The maximum atomic E-state index is 12.7. The van der Waals surface area contributed by atoms with Crippen LogP contribution in [0.2, 0.25) is 0 Å². The molecule has 21 heavy (non-hydrogen) atoms. The Labute approximate surface area is 124 Å². The third-order valence-electron chi connectivity index (χ3n) is 3.79. The van der Waals surface area contributed by atoms with E-state index in [1.54, 1.807) is 23.1 Å². The molecule has 0 bridgehead atoms. The smallest absolute Gasteiger partial charge is 0.258 e. The molecule has 0 aromatic heterocycles. The number of carbonyl (C=O) groups is 1. The van der Waals surface area contributed by atoms with E-state index in [1.807, 2.05) is 31.2 Å². The van der Waals surface area contributed by atoms with Gasteiger partial charge in [0.1, 0.15) is 5.75 Å².